The summed E-state index contributed by atoms with van der Waals surface area (Å²) in [6.07, 6.45) is 0. The van der Waals surface area contributed by atoms with E-state index in [-0.39, 0.29) is 21.2 Å². The van der Waals surface area contributed by atoms with Crippen molar-refractivity contribution in [2.24, 2.45) is 0 Å². The van der Waals surface area contributed by atoms with Crippen molar-refractivity contribution in [2.45, 2.75) is 0 Å². The number of ketones is 2. The van der Waals surface area contributed by atoms with Gasteiger partial charge in [0, 0.05) is 11.1 Å². The lowest BCUT2D eigenvalue weighted by molar-refractivity contribution is 0.0816. The number of halogens is 4. The molecule has 0 N–H and O–H groups in total. The minimum Gasteiger partial charge on any atom is -0.285 e. The van der Waals surface area contributed by atoms with Crippen molar-refractivity contribution >= 4 is 34.8 Å². The number of benzene rings is 2. The molecule has 0 unspecified atom stereocenters. The van der Waals surface area contributed by atoms with Gasteiger partial charge in [0.25, 0.3) is 0 Å². The number of carbonyl (C=O) groups excluding carboxylic acids is 2. The van der Waals surface area contributed by atoms with E-state index in [0.29, 0.717) is 0 Å². The topological polar surface area (TPSA) is 34.1 Å². The zero-order chi connectivity index (χ0) is 14.9. The van der Waals surface area contributed by atoms with Gasteiger partial charge in [0.1, 0.15) is 11.6 Å². The van der Waals surface area contributed by atoms with Crippen molar-refractivity contribution in [3.05, 3.63) is 69.2 Å². The van der Waals surface area contributed by atoms with E-state index < -0.39 is 23.2 Å². The first-order valence-corrected chi connectivity index (χ1v) is 6.15. The molecule has 0 aliphatic rings. The first-order valence-electron chi connectivity index (χ1n) is 5.39. The molecule has 0 amide bonds. The van der Waals surface area contributed by atoms with Gasteiger partial charge in [-0.15, -0.1) is 0 Å². The maximum atomic E-state index is 13.2. The van der Waals surface area contributed by atoms with Crippen LogP contribution in [0, 0.1) is 11.6 Å². The van der Waals surface area contributed by atoms with Gasteiger partial charge < -0.3 is 0 Å². The van der Waals surface area contributed by atoms with Gasteiger partial charge >= 0.3 is 0 Å². The second kappa shape index (κ2) is 5.69. The summed E-state index contributed by atoms with van der Waals surface area (Å²) in [6, 6.07) is 6.49. The normalized spacial score (nSPS) is 10.4. The molecule has 2 aromatic rings. The van der Waals surface area contributed by atoms with Gasteiger partial charge in [-0.3, -0.25) is 9.59 Å². The highest BCUT2D eigenvalue weighted by molar-refractivity contribution is 6.49. The molecule has 0 spiro atoms. The van der Waals surface area contributed by atoms with Gasteiger partial charge in [0.2, 0.25) is 11.6 Å². The van der Waals surface area contributed by atoms with Crippen molar-refractivity contribution in [1.29, 1.82) is 0 Å². The maximum absolute atomic E-state index is 13.2. The summed E-state index contributed by atoms with van der Waals surface area (Å²) in [5.41, 5.74) is -0.320. The van der Waals surface area contributed by atoms with E-state index in [1.54, 1.807) is 0 Å². The van der Waals surface area contributed by atoms with E-state index in [1.165, 1.54) is 24.3 Å². The van der Waals surface area contributed by atoms with Crippen molar-refractivity contribution in [3.8, 4) is 0 Å². The third-order valence-electron chi connectivity index (χ3n) is 2.57. The fourth-order valence-electron chi connectivity index (χ4n) is 1.54. The molecule has 0 saturated heterocycles. The Hall–Kier alpha value is -1.78. The molecule has 0 bridgehead atoms. The average Bonchev–Trinajstić information content (AvgIpc) is 2.43. The predicted octanol–water partition coefficient (Wildman–Crippen LogP) is 4.34. The summed E-state index contributed by atoms with van der Waals surface area (Å²) < 4.78 is 26.5. The summed E-state index contributed by atoms with van der Waals surface area (Å²) in [6.45, 7) is 0. The molecule has 6 heteroatoms. The first kappa shape index (κ1) is 14.6. The molecule has 102 valence electrons. The zero-order valence-corrected chi connectivity index (χ0v) is 11.3. The number of rotatable bonds is 3. The predicted molar refractivity (Wildman–Crippen MR) is 71.5 cm³/mol. The van der Waals surface area contributed by atoms with E-state index >= 15 is 0 Å². The minimum atomic E-state index is -0.956. The highest BCUT2D eigenvalue weighted by Gasteiger charge is 2.20. The van der Waals surface area contributed by atoms with Crippen LogP contribution in [0.2, 0.25) is 10.0 Å². The molecule has 2 nitrogen and oxygen atoms in total. The average molecular weight is 315 g/mol. The van der Waals surface area contributed by atoms with Crippen molar-refractivity contribution in [3.63, 3.8) is 0 Å². The molecule has 20 heavy (non-hydrogen) atoms. The number of hydrogen-bond donors (Lipinski definition) is 0. The smallest absolute Gasteiger partial charge is 0.233 e. The van der Waals surface area contributed by atoms with Gasteiger partial charge in [-0.25, -0.2) is 8.78 Å². The number of hydrogen-bond acceptors (Lipinski definition) is 2. The van der Waals surface area contributed by atoms with E-state index in [4.69, 9.17) is 23.2 Å². The van der Waals surface area contributed by atoms with Crippen molar-refractivity contribution in [1.82, 2.24) is 0 Å². The standard InChI is InChI=1S/C14H6Cl2F2O2/c15-9-3-1-7(5-11(9)17)13(19)14(20)8-2-4-10(16)12(18)6-8/h1-6H. The van der Waals surface area contributed by atoms with Gasteiger partial charge in [-0.1, -0.05) is 23.2 Å². The summed E-state index contributed by atoms with van der Waals surface area (Å²) in [7, 11) is 0. The largest absolute Gasteiger partial charge is 0.285 e. The fourth-order valence-corrected chi connectivity index (χ4v) is 1.77. The Bertz CT molecular complexity index is 653. The van der Waals surface area contributed by atoms with Crippen LogP contribution >= 0.6 is 23.2 Å². The summed E-state index contributed by atoms with van der Waals surface area (Å²) in [5.74, 6) is -3.54. The number of Topliss-reactive ketones (excluding diaryl/α,β-unsaturated/α-hetero) is 2. The number of carbonyl (C=O) groups is 2. The van der Waals surface area contributed by atoms with Gasteiger partial charge in [-0.2, -0.15) is 0 Å². The molecular formula is C14H6Cl2F2O2. The molecule has 0 radical (unpaired) electrons. The monoisotopic (exact) mass is 314 g/mol. The molecule has 0 aliphatic heterocycles. The Kier molecular flexibility index (Phi) is 4.16. The van der Waals surface area contributed by atoms with Gasteiger partial charge in [0.15, 0.2) is 0 Å². The summed E-state index contributed by atoms with van der Waals surface area (Å²) in [5, 5.41) is -0.321. The van der Waals surface area contributed by atoms with Crippen LogP contribution in [-0.2, 0) is 0 Å². The van der Waals surface area contributed by atoms with Gasteiger partial charge in [0.05, 0.1) is 10.0 Å². The Morgan fingerprint density at radius 3 is 1.40 bits per heavy atom. The lowest BCUT2D eigenvalue weighted by Gasteiger charge is -2.03. The minimum absolute atomic E-state index is 0.160. The fraction of sp³-hybridized carbons (Fsp3) is 0. The molecule has 0 saturated carbocycles. The molecule has 0 fully saturated rings. The van der Waals surface area contributed by atoms with Crippen molar-refractivity contribution < 1.29 is 18.4 Å². The molecule has 0 atom stereocenters. The van der Waals surface area contributed by atoms with Crippen molar-refractivity contribution in [2.75, 3.05) is 0 Å². The van der Waals surface area contributed by atoms with Crippen LogP contribution in [0.15, 0.2) is 36.4 Å². The molecule has 0 aliphatic carbocycles. The van der Waals surface area contributed by atoms with Gasteiger partial charge in [-0.05, 0) is 36.4 Å². The van der Waals surface area contributed by atoms with Crippen LogP contribution in [0.25, 0.3) is 0 Å². The molecule has 0 heterocycles. The van der Waals surface area contributed by atoms with Crippen LogP contribution in [0.5, 0.6) is 0 Å². The lowest BCUT2D eigenvalue weighted by Crippen LogP contribution is -2.15. The van der Waals surface area contributed by atoms with Crippen LogP contribution < -0.4 is 0 Å². The van der Waals surface area contributed by atoms with Crippen LogP contribution in [0.4, 0.5) is 8.78 Å². The van der Waals surface area contributed by atoms with Crippen LogP contribution in [0.1, 0.15) is 20.7 Å². The third kappa shape index (κ3) is 2.86. The van der Waals surface area contributed by atoms with E-state index in [1.807, 2.05) is 0 Å². The zero-order valence-electron chi connectivity index (χ0n) is 9.79. The quantitative estimate of drug-likeness (QED) is 0.624. The van der Waals surface area contributed by atoms with E-state index in [2.05, 4.69) is 0 Å². The molecule has 0 aromatic heterocycles. The molecular weight excluding hydrogens is 309 g/mol. The second-order valence-corrected chi connectivity index (χ2v) is 4.73. The summed E-state index contributed by atoms with van der Waals surface area (Å²) in [4.78, 5) is 23.8. The first-order chi connectivity index (χ1) is 9.40. The van der Waals surface area contributed by atoms with E-state index in [9.17, 15) is 18.4 Å². The molecule has 2 aromatic carbocycles. The lowest BCUT2D eigenvalue weighted by atomic mass is 10.0. The highest BCUT2D eigenvalue weighted by Crippen LogP contribution is 2.19. The Morgan fingerprint density at radius 1 is 0.750 bits per heavy atom. The Labute approximate surface area is 122 Å². The Morgan fingerprint density at radius 2 is 1.10 bits per heavy atom. The Balaban J connectivity index is 2.34. The van der Waals surface area contributed by atoms with Crippen LogP contribution in [-0.4, -0.2) is 11.6 Å². The second-order valence-electron chi connectivity index (χ2n) is 3.92. The summed E-state index contributed by atoms with van der Waals surface area (Å²) >= 11 is 11.0. The third-order valence-corrected chi connectivity index (χ3v) is 3.18. The molecule has 2 rings (SSSR count). The van der Waals surface area contributed by atoms with E-state index in [0.717, 1.165) is 12.1 Å². The van der Waals surface area contributed by atoms with Crippen LogP contribution in [0.3, 0.4) is 0 Å². The maximum Gasteiger partial charge on any atom is 0.233 e. The SMILES string of the molecule is O=C(C(=O)c1ccc(Cl)c(F)c1)c1ccc(Cl)c(F)c1. The highest BCUT2D eigenvalue weighted by atomic mass is 35.5.